The van der Waals surface area contributed by atoms with Gasteiger partial charge < -0.3 is 10.1 Å². The van der Waals surface area contributed by atoms with Crippen molar-refractivity contribution in [2.45, 2.75) is 27.2 Å². The van der Waals surface area contributed by atoms with Crippen LogP contribution in [0.3, 0.4) is 0 Å². The summed E-state index contributed by atoms with van der Waals surface area (Å²) in [4.78, 5) is 11.4. The molecule has 0 unspecified atom stereocenters. The van der Waals surface area contributed by atoms with Crippen LogP contribution in [0.15, 0.2) is 11.8 Å². The van der Waals surface area contributed by atoms with Gasteiger partial charge in [-0.15, -0.1) is 0 Å². The number of nitriles is 1. The Morgan fingerprint density at radius 1 is 1.60 bits per heavy atom. The maximum Gasteiger partial charge on any atom is 0.354 e. The van der Waals surface area contributed by atoms with Crippen molar-refractivity contribution in [3.63, 3.8) is 0 Å². The molecule has 0 aliphatic rings. The number of ether oxygens (including phenoxy) is 1. The van der Waals surface area contributed by atoms with Gasteiger partial charge >= 0.3 is 5.97 Å². The summed E-state index contributed by atoms with van der Waals surface area (Å²) >= 11 is 0. The lowest BCUT2D eigenvalue weighted by Crippen LogP contribution is -2.25. The number of hydrogen-bond donors (Lipinski definition) is 1. The van der Waals surface area contributed by atoms with Gasteiger partial charge in [0.25, 0.3) is 0 Å². The number of nitrogens with zero attached hydrogens (tertiary/aromatic N) is 1. The van der Waals surface area contributed by atoms with E-state index in [-0.39, 0.29) is 13.0 Å². The molecule has 0 saturated heterocycles. The maximum absolute atomic E-state index is 11.4. The summed E-state index contributed by atoms with van der Waals surface area (Å²) in [6, 6.07) is 1.91. The summed E-state index contributed by atoms with van der Waals surface area (Å²) in [5.41, 5.74) is 0.460. The van der Waals surface area contributed by atoms with Gasteiger partial charge in [-0.25, -0.2) is 4.79 Å². The first-order valence-corrected chi connectivity index (χ1v) is 5.06. The molecular weight excluding hydrogens is 192 g/mol. The zero-order valence-electron chi connectivity index (χ0n) is 9.54. The fourth-order valence-corrected chi connectivity index (χ4v) is 0.873. The smallest absolute Gasteiger partial charge is 0.354 e. The second-order valence-electron chi connectivity index (χ2n) is 3.52. The van der Waals surface area contributed by atoms with Gasteiger partial charge in [-0.05, 0) is 12.8 Å². The summed E-state index contributed by atoms with van der Waals surface area (Å²) in [5, 5.41) is 11.3. The highest BCUT2D eigenvalue weighted by Crippen LogP contribution is 1.97. The van der Waals surface area contributed by atoms with Crippen LogP contribution >= 0.6 is 0 Å². The first-order valence-electron chi connectivity index (χ1n) is 5.06. The number of nitrogens with one attached hydrogen (secondary N) is 1. The van der Waals surface area contributed by atoms with E-state index in [1.165, 1.54) is 0 Å². The van der Waals surface area contributed by atoms with Crippen LogP contribution in [0.2, 0.25) is 0 Å². The summed E-state index contributed by atoms with van der Waals surface area (Å²) in [6.45, 7) is 6.76. The number of rotatable bonds is 6. The van der Waals surface area contributed by atoms with Gasteiger partial charge in [0.2, 0.25) is 0 Å². The van der Waals surface area contributed by atoms with E-state index in [0.29, 0.717) is 11.6 Å². The van der Waals surface area contributed by atoms with E-state index in [1.807, 2.05) is 6.07 Å². The second kappa shape index (κ2) is 7.86. The van der Waals surface area contributed by atoms with Crippen LogP contribution in [-0.4, -0.2) is 19.1 Å². The number of carbonyl (C=O) groups is 1. The molecule has 0 aromatic rings. The van der Waals surface area contributed by atoms with Crippen molar-refractivity contribution in [3.8, 4) is 6.07 Å². The SMILES string of the molecule is CC=C(NCC(C)C)C(=O)OCCC#N. The lowest BCUT2D eigenvalue weighted by atomic mass is 10.2. The molecule has 0 aliphatic carbocycles. The normalized spacial score (nSPS) is 11.0. The Hall–Kier alpha value is -1.50. The molecular formula is C11H18N2O2. The number of carbonyl (C=O) groups excluding carboxylic acids is 1. The Labute approximate surface area is 90.9 Å². The largest absolute Gasteiger partial charge is 0.460 e. The fraction of sp³-hybridized carbons (Fsp3) is 0.636. The van der Waals surface area contributed by atoms with Crippen molar-refractivity contribution >= 4 is 5.97 Å². The highest BCUT2D eigenvalue weighted by molar-refractivity contribution is 5.87. The Kier molecular flexibility index (Phi) is 7.08. The van der Waals surface area contributed by atoms with Gasteiger partial charge in [-0.1, -0.05) is 19.9 Å². The number of allylic oxidation sites excluding steroid dienone is 1. The Balaban J connectivity index is 3.96. The molecule has 15 heavy (non-hydrogen) atoms. The summed E-state index contributed by atoms with van der Waals surface area (Å²) in [6.07, 6.45) is 1.91. The monoisotopic (exact) mass is 210 g/mol. The van der Waals surface area contributed by atoms with Gasteiger partial charge in [-0.2, -0.15) is 5.26 Å². The molecule has 0 fully saturated rings. The lowest BCUT2D eigenvalue weighted by Gasteiger charge is -2.11. The summed E-state index contributed by atoms with van der Waals surface area (Å²) in [7, 11) is 0. The fourth-order valence-electron chi connectivity index (χ4n) is 0.873. The minimum absolute atomic E-state index is 0.149. The molecule has 0 radical (unpaired) electrons. The molecule has 1 N–H and O–H groups in total. The van der Waals surface area contributed by atoms with E-state index in [9.17, 15) is 4.79 Å². The van der Waals surface area contributed by atoms with Gasteiger partial charge in [0.15, 0.2) is 0 Å². The number of hydrogen-bond acceptors (Lipinski definition) is 4. The third-order valence-electron chi connectivity index (χ3n) is 1.66. The second-order valence-corrected chi connectivity index (χ2v) is 3.52. The van der Waals surface area contributed by atoms with Crippen molar-refractivity contribution < 1.29 is 9.53 Å². The highest BCUT2D eigenvalue weighted by Gasteiger charge is 2.09. The predicted octanol–water partition coefficient (Wildman–Crippen LogP) is 1.59. The highest BCUT2D eigenvalue weighted by atomic mass is 16.5. The molecule has 0 aliphatic heterocycles. The molecule has 0 spiro atoms. The van der Waals surface area contributed by atoms with Crippen LogP contribution in [0.1, 0.15) is 27.2 Å². The molecule has 0 amide bonds. The van der Waals surface area contributed by atoms with Crippen LogP contribution in [0.5, 0.6) is 0 Å². The average Bonchev–Trinajstić information content (AvgIpc) is 2.18. The van der Waals surface area contributed by atoms with Gasteiger partial charge in [0.05, 0.1) is 12.5 Å². The molecule has 4 heteroatoms. The molecule has 0 aromatic carbocycles. The first-order chi connectivity index (χ1) is 7.11. The zero-order chi connectivity index (χ0) is 11.7. The maximum atomic E-state index is 11.4. The van der Waals surface area contributed by atoms with Crippen molar-refractivity contribution in [3.05, 3.63) is 11.8 Å². The van der Waals surface area contributed by atoms with Crippen LogP contribution in [0, 0.1) is 17.2 Å². The molecule has 0 bridgehead atoms. The van der Waals surface area contributed by atoms with Crippen LogP contribution in [0.4, 0.5) is 0 Å². The molecule has 0 saturated carbocycles. The molecule has 4 nitrogen and oxygen atoms in total. The molecule has 84 valence electrons. The van der Waals surface area contributed by atoms with Gasteiger partial charge in [0, 0.05) is 6.54 Å². The van der Waals surface area contributed by atoms with E-state index in [0.717, 1.165) is 6.54 Å². The number of esters is 1. The van der Waals surface area contributed by atoms with Crippen LogP contribution < -0.4 is 5.32 Å². The van der Waals surface area contributed by atoms with E-state index in [2.05, 4.69) is 19.2 Å². The Bertz CT molecular complexity index is 264. The van der Waals surface area contributed by atoms with Crippen molar-refractivity contribution in [1.82, 2.24) is 5.32 Å². The predicted molar refractivity (Wildman–Crippen MR) is 57.8 cm³/mol. The molecule has 0 aromatic heterocycles. The van der Waals surface area contributed by atoms with E-state index < -0.39 is 5.97 Å². The first kappa shape index (κ1) is 13.5. The van der Waals surface area contributed by atoms with Crippen LogP contribution in [-0.2, 0) is 9.53 Å². The van der Waals surface area contributed by atoms with E-state index in [4.69, 9.17) is 10.00 Å². The topological polar surface area (TPSA) is 62.1 Å². The van der Waals surface area contributed by atoms with E-state index >= 15 is 0 Å². The Morgan fingerprint density at radius 3 is 2.73 bits per heavy atom. The molecule has 0 rings (SSSR count). The van der Waals surface area contributed by atoms with Crippen molar-refractivity contribution in [2.24, 2.45) is 5.92 Å². The van der Waals surface area contributed by atoms with Crippen molar-refractivity contribution in [1.29, 1.82) is 5.26 Å². The third-order valence-corrected chi connectivity index (χ3v) is 1.66. The molecule has 0 atom stereocenters. The minimum Gasteiger partial charge on any atom is -0.460 e. The van der Waals surface area contributed by atoms with Crippen LogP contribution in [0.25, 0.3) is 0 Å². The summed E-state index contributed by atoms with van der Waals surface area (Å²) in [5.74, 6) is 0.0697. The standard InChI is InChI=1S/C11H18N2O2/c1-4-10(13-8-9(2)3)11(14)15-7-5-6-12/h4,9,13H,5,7-8H2,1-3H3. The minimum atomic E-state index is -0.395. The van der Waals surface area contributed by atoms with E-state index in [1.54, 1.807) is 13.0 Å². The lowest BCUT2D eigenvalue weighted by molar-refractivity contribution is -0.139. The van der Waals surface area contributed by atoms with Gasteiger partial charge in [-0.3, -0.25) is 0 Å². The Morgan fingerprint density at radius 2 is 2.27 bits per heavy atom. The summed E-state index contributed by atoms with van der Waals surface area (Å²) < 4.78 is 4.88. The van der Waals surface area contributed by atoms with Gasteiger partial charge in [0.1, 0.15) is 12.3 Å². The third kappa shape index (κ3) is 6.55. The average molecular weight is 210 g/mol. The quantitative estimate of drug-likeness (QED) is 0.411. The molecule has 0 heterocycles. The van der Waals surface area contributed by atoms with Crippen molar-refractivity contribution in [2.75, 3.05) is 13.2 Å². The zero-order valence-corrected chi connectivity index (χ0v) is 9.54.